The van der Waals surface area contributed by atoms with Crippen LogP contribution in [0.2, 0.25) is 0 Å². The summed E-state index contributed by atoms with van der Waals surface area (Å²) in [6.45, 7) is 2.76. The van der Waals surface area contributed by atoms with E-state index in [9.17, 15) is 13.2 Å². The number of amides is 1. The summed E-state index contributed by atoms with van der Waals surface area (Å²) in [6, 6.07) is 1.90. The molecule has 1 aliphatic carbocycles. The Balaban J connectivity index is 1.80. The van der Waals surface area contributed by atoms with E-state index in [2.05, 4.69) is 6.92 Å². The van der Waals surface area contributed by atoms with Crippen LogP contribution in [0.3, 0.4) is 0 Å². The predicted molar refractivity (Wildman–Crippen MR) is 89.3 cm³/mol. The molecule has 1 aromatic rings. The summed E-state index contributed by atoms with van der Waals surface area (Å²) >= 11 is 1.61. The fraction of sp³-hybridized carbons (Fsp3) is 0.688. The first kappa shape index (κ1) is 16.0. The van der Waals surface area contributed by atoms with Gasteiger partial charge in [-0.3, -0.25) is 4.79 Å². The number of rotatable bonds is 5. The first-order valence-electron chi connectivity index (χ1n) is 8.13. The maximum Gasteiger partial charge on any atom is 0.264 e. The van der Waals surface area contributed by atoms with Crippen molar-refractivity contribution in [3.8, 4) is 0 Å². The van der Waals surface area contributed by atoms with Gasteiger partial charge in [-0.1, -0.05) is 13.3 Å². The standard InChI is InChI=1S/C16H23NO3S2/c1-2-3-8-17(13-7-9-22(19,20)11-13)16(18)15-10-12-5-4-6-14(12)21-15/h10,13H,2-9,11H2,1H3/t13-/m0/s1. The number of carbonyl (C=O) groups is 1. The maximum absolute atomic E-state index is 12.9. The average molecular weight is 341 g/mol. The fourth-order valence-corrected chi connectivity index (χ4v) is 6.32. The molecule has 1 amide bonds. The second-order valence-corrected chi connectivity index (χ2v) is 9.69. The lowest BCUT2D eigenvalue weighted by Gasteiger charge is -2.27. The predicted octanol–water partition coefficient (Wildman–Crippen LogP) is 2.67. The van der Waals surface area contributed by atoms with E-state index < -0.39 is 9.84 Å². The lowest BCUT2D eigenvalue weighted by molar-refractivity contribution is 0.0699. The normalized spacial score (nSPS) is 22.7. The first-order chi connectivity index (χ1) is 10.5. The quantitative estimate of drug-likeness (QED) is 0.827. The van der Waals surface area contributed by atoms with Crippen molar-refractivity contribution in [2.24, 2.45) is 0 Å². The van der Waals surface area contributed by atoms with Gasteiger partial charge in [-0.25, -0.2) is 8.42 Å². The summed E-state index contributed by atoms with van der Waals surface area (Å²) < 4.78 is 23.5. The van der Waals surface area contributed by atoms with E-state index >= 15 is 0 Å². The van der Waals surface area contributed by atoms with Crippen LogP contribution in [0.25, 0.3) is 0 Å². The van der Waals surface area contributed by atoms with Gasteiger partial charge in [0.25, 0.3) is 5.91 Å². The molecule has 22 heavy (non-hydrogen) atoms. The second-order valence-electron chi connectivity index (χ2n) is 6.32. The summed E-state index contributed by atoms with van der Waals surface area (Å²) in [4.78, 5) is 16.9. The highest BCUT2D eigenvalue weighted by Gasteiger charge is 2.35. The molecule has 3 rings (SSSR count). The molecule has 2 aliphatic rings. The number of unbranched alkanes of at least 4 members (excludes halogenated alkanes) is 1. The topological polar surface area (TPSA) is 54.5 Å². The van der Waals surface area contributed by atoms with Crippen LogP contribution >= 0.6 is 11.3 Å². The molecule has 2 heterocycles. The first-order valence-corrected chi connectivity index (χ1v) is 10.8. The summed E-state index contributed by atoms with van der Waals surface area (Å²) in [5, 5.41) is 0. The molecule has 4 nitrogen and oxygen atoms in total. The molecular weight excluding hydrogens is 318 g/mol. The van der Waals surface area contributed by atoms with E-state index in [1.54, 1.807) is 11.3 Å². The Morgan fingerprint density at radius 3 is 2.86 bits per heavy atom. The van der Waals surface area contributed by atoms with Crippen LogP contribution < -0.4 is 0 Å². The molecule has 122 valence electrons. The number of thiophene rings is 1. The zero-order valence-electron chi connectivity index (χ0n) is 13.0. The lowest BCUT2D eigenvalue weighted by atomic mass is 10.1. The van der Waals surface area contributed by atoms with Crippen LogP contribution in [0.5, 0.6) is 0 Å². The molecule has 1 saturated heterocycles. The van der Waals surface area contributed by atoms with Gasteiger partial charge in [0.15, 0.2) is 9.84 Å². The minimum Gasteiger partial charge on any atom is -0.334 e. The summed E-state index contributed by atoms with van der Waals surface area (Å²) in [5.74, 6) is 0.386. The number of fused-ring (bicyclic) bond motifs is 1. The molecule has 0 unspecified atom stereocenters. The minimum atomic E-state index is -2.97. The van der Waals surface area contributed by atoms with Crippen molar-refractivity contribution in [1.82, 2.24) is 4.90 Å². The summed E-state index contributed by atoms with van der Waals surface area (Å²) in [7, 11) is -2.97. The fourth-order valence-electron chi connectivity index (χ4n) is 3.38. The van der Waals surface area contributed by atoms with E-state index in [0.717, 1.165) is 30.6 Å². The molecule has 1 aliphatic heterocycles. The Kier molecular flexibility index (Phi) is 4.59. The lowest BCUT2D eigenvalue weighted by Crippen LogP contribution is -2.41. The Morgan fingerprint density at radius 2 is 2.23 bits per heavy atom. The third-order valence-corrected chi connectivity index (χ3v) is 7.60. The Hall–Kier alpha value is -0.880. The van der Waals surface area contributed by atoms with Gasteiger partial charge in [0.2, 0.25) is 0 Å². The molecule has 0 saturated carbocycles. The van der Waals surface area contributed by atoms with Gasteiger partial charge in [-0.15, -0.1) is 11.3 Å². The van der Waals surface area contributed by atoms with E-state index in [1.165, 1.54) is 16.9 Å². The van der Waals surface area contributed by atoms with Crippen molar-refractivity contribution < 1.29 is 13.2 Å². The molecule has 0 bridgehead atoms. The van der Waals surface area contributed by atoms with Gasteiger partial charge in [-0.05, 0) is 43.7 Å². The van der Waals surface area contributed by atoms with E-state index in [4.69, 9.17) is 0 Å². The SMILES string of the molecule is CCCCN(C(=O)c1cc2c(s1)CCC2)[C@H]1CCS(=O)(=O)C1. The average Bonchev–Trinajstić information content (AvgIpc) is 3.13. The minimum absolute atomic E-state index is 0.0370. The van der Waals surface area contributed by atoms with Crippen molar-refractivity contribution in [3.63, 3.8) is 0 Å². The molecule has 0 N–H and O–H groups in total. The zero-order chi connectivity index (χ0) is 15.7. The molecular formula is C16H23NO3S2. The van der Waals surface area contributed by atoms with Crippen molar-refractivity contribution >= 4 is 27.1 Å². The highest BCUT2D eigenvalue weighted by molar-refractivity contribution is 7.91. The van der Waals surface area contributed by atoms with Gasteiger partial charge in [0.1, 0.15) is 0 Å². The molecule has 0 spiro atoms. The van der Waals surface area contributed by atoms with Gasteiger partial charge < -0.3 is 4.90 Å². The van der Waals surface area contributed by atoms with Gasteiger partial charge in [-0.2, -0.15) is 0 Å². The van der Waals surface area contributed by atoms with Crippen LogP contribution in [-0.2, 0) is 22.7 Å². The number of carbonyl (C=O) groups excluding carboxylic acids is 1. The van der Waals surface area contributed by atoms with E-state index in [1.807, 2.05) is 11.0 Å². The van der Waals surface area contributed by atoms with Crippen molar-refractivity contribution in [2.75, 3.05) is 18.1 Å². The molecule has 1 atom stereocenters. The van der Waals surface area contributed by atoms with E-state index in [-0.39, 0.29) is 23.5 Å². The van der Waals surface area contributed by atoms with Gasteiger partial charge >= 0.3 is 0 Å². The van der Waals surface area contributed by atoms with Crippen LogP contribution in [-0.4, -0.2) is 43.3 Å². The van der Waals surface area contributed by atoms with Crippen LogP contribution in [0.1, 0.15) is 52.7 Å². The Morgan fingerprint density at radius 1 is 1.41 bits per heavy atom. The largest absolute Gasteiger partial charge is 0.334 e. The van der Waals surface area contributed by atoms with Crippen molar-refractivity contribution in [1.29, 1.82) is 0 Å². The van der Waals surface area contributed by atoms with Gasteiger partial charge in [0, 0.05) is 17.5 Å². The van der Waals surface area contributed by atoms with Gasteiger partial charge in [0.05, 0.1) is 16.4 Å². The van der Waals surface area contributed by atoms with Crippen molar-refractivity contribution in [3.05, 3.63) is 21.4 Å². The number of nitrogens with zero attached hydrogens (tertiary/aromatic N) is 1. The van der Waals surface area contributed by atoms with Crippen LogP contribution in [0.15, 0.2) is 6.07 Å². The Bertz CT molecular complexity index is 641. The van der Waals surface area contributed by atoms with Crippen molar-refractivity contribution in [2.45, 2.75) is 51.5 Å². The third-order valence-electron chi connectivity index (χ3n) is 4.62. The Labute approximate surface area is 136 Å². The molecule has 6 heteroatoms. The summed E-state index contributed by atoms with van der Waals surface area (Å²) in [5.41, 5.74) is 1.32. The molecule has 0 radical (unpaired) electrons. The smallest absolute Gasteiger partial charge is 0.264 e. The molecule has 1 fully saturated rings. The van der Waals surface area contributed by atoms with Crippen LogP contribution in [0, 0.1) is 0 Å². The highest BCUT2D eigenvalue weighted by Crippen LogP contribution is 2.32. The zero-order valence-corrected chi connectivity index (χ0v) is 14.6. The maximum atomic E-state index is 12.9. The van der Waals surface area contributed by atoms with E-state index in [0.29, 0.717) is 13.0 Å². The third kappa shape index (κ3) is 3.23. The number of aryl methyl sites for hydroxylation is 2. The second kappa shape index (κ2) is 6.32. The van der Waals surface area contributed by atoms with Crippen LogP contribution in [0.4, 0.5) is 0 Å². The monoisotopic (exact) mass is 341 g/mol. The molecule has 0 aromatic carbocycles. The molecule has 1 aromatic heterocycles. The summed E-state index contributed by atoms with van der Waals surface area (Å²) in [6.07, 6.45) is 5.86. The number of sulfone groups is 1. The number of hydrogen-bond donors (Lipinski definition) is 0. The highest BCUT2D eigenvalue weighted by atomic mass is 32.2. The number of hydrogen-bond acceptors (Lipinski definition) is 4.